The van der Waals surface area contributed by atoms with Crippen LogP contribution in [0.4, 0.5) is 0 Å². The number of allylic oxidation sites excluding steroid dienone is 1. The zero-order valence-corrected chi connectivity index (χ0v) is 8.34. The van der Waals surface area contributed by atoms with Crippen molar-refractivity contribution >= 4 is 0 Å². The molecular formula is C12H16O. The summed E-state index contributed by atoms with van der Waals surface area (Å²) in [4.78, 5) is 0. The van der Waals surface area contributed by atoms with Crippen molar-refractivity contribution in [2.75, 3.05) is 7.11 Å². The van der Waals surface area contributed by atoms with Crippen molar-refractivity contribution in [1.29, 1.82) is 0 Å². The van der Waals surface area contributed by atoms with Gasteiger partial charge in [-0.15, -0.1) is 6.58 Å². The lowest BCUT2D eigenvalue weighted by Gasteiger charge is -2.07. The zero-order chi connectivity index (χ0) is 9.68. The summed E-state index contributed by atoms with van der Waals surface area (Å²) in [6, 6.07) is 8.12. The molecule has 0 unspecified atom stereocenters. The maximum atomic E-state index is 5.25. The minimum atomic E-state index is 0.976. The fraction of sp³-hybridized carbons (Fsp3) is 0.333. The van der Waals surface area contributed by atoms with Crippen LogP contribution in [0.1, 0.15) is 18.9 Å². The molecule has 1 aromatic carbocycles. The number of aryl methyl sites for hydroxylation is 1. The van der Waals surface area contributed by atoms with E-state index in [1.165, 1.54) is 11.1 Å². The van der Waals surface area contributed by atoms with Crippen LogP contribution in [-0.2, 0) is 6.42 Å². The van der Waals surface area contributed by atoms with E-state index in [1.807, 2.05) is 18.2 Å². The summed E-state index contributed by atoms with van der Waals surface area (Å²) in [5.74, 6) is 0.976. The third-order valence-corrected chi connectivity index (χ3v) is 2.01. The van der Waals surface area contributed by atoms with Gasteiger partial charge in [-0.25, -0.2) is 0 Å². The molecule has 0 amide bonds. The Morgan fingerprint density at radius 2 is 2.08 bits per heavy atom. The summed E-state index contributed by atoms with van der Waals surface area (Å²) in [6.45, 7) is 5.94. The highest BCUT2D eigenvalue weighted by molar-refractivity contribution is 5.33. The van der Waals surface area contributed by atoms with Crippen LogP contribution in [0.15, 0.2) is 36.4 Å². The minimum absolute atomic E-state index is 0.976. The molecule has 1 aromatic rings. The molecule has 0 saturated heterocycles. The summed E-state index contributed by atoms with van der Waals surface area (Å²) < 4.78 is 5.25. The lowest BCUT2D eigenvalue weighted by molar-refractivity contribution is 0.409. The zero-order valence-electron chi connectivity index (χ0n) is 8.34. The molecule has 1 heteroatoms. The van der Waals surface area contributed by atoms with Crippen molar-refractivity contribution in [3.63, 3.8) is 0 Å². The van der Waals surface area contributed by atoms with E-state index >= 15 is 0 Å². The first-order chi connectivity index (χ1) is 6.24. The number of hydrogen-bond acceptors (Lipinski definition) is 1. The lowest BCUT2D eigenvalue weighted by atomic mass is 10.1. The van der Waals surface area contributed by atoms with Crippen LogP contribution in [0, 0.1) is 0 Å². The van der Waals surface area contributed by atoms with Crippen molar-refractivity contribution in [3.05, 3.63) is 42.0 Å². The Hall–Kier alpha value is -1.24. The molecule has 13 heavy (non-hydrogen) atoms. The Balaban J connectivity index is 2.69. The minimum Gasteiger partial charge on any atom is -0.496 e. The van der Waals surface area contributed by atoms with E-state index in [1.54, 1.807) is 7.11 Å². The highest BCUT2D eigenvalue weighted by Crippen LogP contribution is 2.19. The van der Waals surface area contributed by atoms with Crippen molar-refractivity contribution in [3.8, 4) is 5.75 Å². The van der Waals surface area contributed by atoms with Gasteiger partial charge in [0.25, 0.3) is 0 Å². The van der Waals surface area contributed by atoms with Gasteiger partial charge in [-0.05, 0) is 31.4 Å². The van der Waals surface area contributed by atoms with E-state index in [-0.39, 0.29) is 0 Å². The maximum Gasteiger partial charge on any atom is 0.122 e. The Bertz CT molecular complexity index is 289. The van der Waals surface area contributed by atoms with Crippen molar-refractivity contribution in [2.24, 2.45) is 0 Å². The molecular weight excluding hydrogens is 160 g/mol. The molecule has 0 heterocycles. The van der Waals surface area contributed by atoms with Gasteiger partial charge < -0.3 is 4.74 Å². The molecule has 0 aromatic heterocycles. The number of ether oxygens (including phenoxy) is 1. The quantitative estimate of drug-likeness (QED) is 0.640. The first-order valence-electron chi connectivity index (χ1n) is 4.50. The van der Waals surface area contributed by atoms with Gasteiger partial charge in [-0.3, -0.25) is 0 Å². The molecule has 70 valence electrons. The van der Waals surface area contributed by atoms with Crippen LogP contribution < -0.4 is 4.74 Å². The lowest BCUT2D eigenvalue weighted by Crippen LogP contribution is -1.91. The first-order valence-corrected chi connectivity index (χ1v) is 4.50. The van der Waals surface area contributed by atoms with E-state index < -0.39 is 0 Å². The Morgan fingerprint density at radius 1 is 1.38 bits per heavy atom. The molecule has 0 saturated carbocycles. The number of para-hydroxylation sites is 1. The predicted molar refractivity (Wildman–Crippen MR) is 56.1 cm³/mol. The Labute approximate surface area is 80.0 Å². The first kappa shape index (κ1) is 9.85. The second-order valence-electron chi connectivity index (χ2n) is 3.27. The summed E-state index contributed by atoms with van der Waals surface area (Å²) >= 11 is 0. The Morgan fingerprint density at radius 3 is 2.69 bits per heavy atom. The normalized spacial score (nSPS) is 9.69. The average Bonchev–Trinajstić information content (AvgIpc) is 2.15. The molecule has 0 aliphatic rings. The molecule has 0 radical (unpaired) electrons. The third-order valence-electron chi connectivity index (χ3n) is 2.01. The SMILES string of the molecule is C=C(C)CCc1ccccc1OC. The van der Waals surface area contributed by atoms with Crippen LogP contribution in [0.25, 0.3) is 0 Å². The van der Waals surface area contributed by atoms with E-state index in [4.69, 9.17) is 4.74 Å². The summed E-state index contributed by atoms with van der Waals surface area (Å²) in [7, 11) is 1.71. The van der Waals surface area contributed by atoms with Gasteiger partial charge in [0, 0.05) is 0 Å². The largest absolute Gasteiger partial charge is 0.496 e. The van der Waals surface area contributed by atoms with Crippen LogP contribution in [0.5, 0.6) is 5.75 Å². The van der Waals surface area contributed by atoms with E-state index in [9.17, 15) is 0 Å². The number of benzene rings is 1. The van der Waals surface area contributed by atoms with Crippen LogP contribution in [0.3, 0.4) is 0 Å². The predicted octanol–water partition coefficient (Wildman–Crippen LogP) is 3.20. The number of hydrogen-bond donors (Lipinski definition) is 0. The number of rotatable bonds is 4. The van der Waals surface area contributed by atoms with Crippen molar-refractivity contribution in [1.82, 2.24) is 0 Å². The smallest absolute Gasteiger partial charge is 0.122 e. The monoisotopic (exact) mass is 176 g/mol. The van der Waals surface area contributed by atoms with Gasteiger partial charge >= 0.3 is 0 Å². The van der Waals surface area contributed by atoms with Gasteiger partial charge in [-0.1, -0.05) is 23.8 Å². The summed E-state index contributed by atoms with van der Waals surface area (Å²) in [5, 5.41) is 0. The molecule has 1 nitrogen and oxygen atoms in total. The highest BCUT2D eigenvalue weighted by atomic mass is 16.5. The van der Waals surface area contributed by atoms with Gasteiger partial charge in [0.15, 0.2) is 0 Å². The van der Waals surface area contributed by atoms with Gasteiger partial charge in [-0.2, -0.15) is 0 Å². The van der Waals surface area contributed by atoms with Crippen LogP contribution in [-0.4, -0.2) is 7.11 Å². The maximum absolute atomic E-state index is 5.25. The molecule has 1 rings (SSSR count). The third kappa shape index (κ3) is 2.94. The second-order valence-corrected chi connectivity index (χ2v) is 3.27. The molecule has 0 fully saturated rings. The fourth-order valence-corrected chi connectivity index (χ4v) is 1.26. The second kappa shape index (κ2) is 4.70. The molecule has 0 spiro atoms. The molecule has 0 N–H and O–H groups in total. The molecule has 0 atom stereocenters. The molecule has 0 aliphatic carbocycles. The van der Waals surface area contributed by atoms with Gasteiger partial charge in [0.1, 0.15) is 5.75 Å². The van der Waals surface area contributed by atoms with Crippen molar-refractivity contribution < 1.29 is 4.74 Å². The Kier molecular flexibility index (Phi) is 3.56. The number of methoxy groups -OCH3 is 1. The fourth-order valence-electron chi connectivity index (χ4n) is 1.26. The summed E-state index contributed by atoms with van der Waals surface area (Å²) in [5.41, 5.74) is 2.47. The van der Waals surface area contributed by atoms with Crippen molar-refractivity contribution in [2.45, 2.75) is 19.8 Å². The van der Waals surface area contributed by atoms with Crippen LogP contribution in [0.2, 0.25) is 0 Å². The van der Waals surface area contributed by atoms with Gasteiger partial charge in [0.05, 0.1) is 7.11 Å². The molecule has 0 aliphatic heterocycles. The molecule has 0 bridgehead atoms. The topological polar surface area (TPSA) is 9.23 Å². The summed E-state index contributed by atoms with van der Waals surface area (Å²) in [6.07, 6.45) is 2.04. The average molecular weight is 176 g/mol. The van der Waals surface area contributed by atoms with Gasteiger partial charge in [0.2, 0.25) is 0 Å². The highest BCUT2D eigenvalue weighted by Gasteiger charge is 2.00. The van der Waals surface area contributed by atoms with E-state index in [2.05, 4.69) is 19.6 Å². The van der Waals surface area contributed by atoms with E-state index in [0.717, 1.165) is 18.6 Å². The van der Waals surface area contributed by atoms with Crippen LogP contribution >= 0.6 is 0 Å². The van der Waals surface area contributed by atoms with E-state index in [0.29, 0.717) is 0 Å². The standard InChI is InChI=1S/C12H16O/c1-10(2)8-9-11-6-4-5-7-12(11)13-3/h4-7H,1,8-9H2,2-3H3.